The highest BCUT2D eigenvalue weighted by Gasteiger charge is 2.33. The van der Waals surface area contributed by atoms with Crippen molar-refractivity contribution in [1.29, 1.82) is 0 Å². The lowest BCUT2D eigenvalue weighted by atomic mass is 10.3. The van der Waals surface area contributed by atoms with Crippen molar-refractivity contribution in [2.24, 2.45) is 0 Å². The molecule has 1 amide bonds. The van der Waals surface area contributed by atoms with E-state index >= 15 is 0 Å². The molecule has 1 aromatic rings. The van der Waals surface area contributed by atoms with Crippen molar-refractivity contribution in [3.05, 3.63) is 11.8 Å². The third kappa shape index (κ3) is 5.84. The highest BCUT2D eigenvalue weighted by molar-refractivity contribution is 5.80. The Morgan fingerprint density at radius 2 is 1.95 bits per heavy atom. The molecule has 3 N–H and O–H groups in total. The molecular weight excluding hydrogens is 287 g/mol. The topological polar surface area (TPSA) is 78.9 Å². The number of anilines is 2. The van der Waals surface area contributed by atoms with Gasteiger partial charge in [-0.1, -0.05) is 6.92 Å². The third-order valence-corrected chi connectivity index (χ3v) is 2.35. The van der Waals surface area contributed by atoms with Gasteiger partial charge < -0.3 is 16.0 Å². The van der Waals surface area contributed by atoms with Crippen molar-refractivity contribution in [1.82, 2.24) is 15.3 Å². The van der Waals surface area contributed by atoms with Crippen LogP contribution in [-0.4, -0.2) is 35.5 Å². The van der Waals surface area contributed by atoms with Gasteiger partial charge in [0.05, 0.1) is 6.54 Å². The van der Waals surface area contributed by atoms with Gasteiger partial charge in [-0.05, 0) is 13.3 Å². The third-order valence-electron chi connectivity index (χ3n) is 2.35. The number of amides is 1. The van der Waals surface area contributed by atoms with Gasteiger partial charge in [0, 0.05) is 19.2 Å². The number of halogens is 3. The monoisotopic (exact) mass is 305 g/mol. The zero-order valence-electron chi connectivity index (χ0n) is 11.8. The van der Waals surface area contributed by atoms with Gasteiger partial charge in [-0.3, -0.25) is 4.79 Å². The minimum absolute atomic E-state index is 0.0535. The van der Waals surface area contributed by atoms with Gasteiger partial charge in [0.1, 0.15) is 5.82 Å². The van der Waals surface area contributed by atoms with E-state index in [4.69, 9.17) is 0 Å². The molecule has 1 rings (SSSR count). The molecule has 0 atom stereocenters. The van der Waals surface area contributed by atoms with Gasteiger partial charge in [0.15, 0.2) is 5.69 Å². The average molecular weight is 305 g/mol. The van der Waals surface area contributed by atoms with Crippen LogP contribution in [0, 0.1) is 0 Å². The van der Waals surface area contributed by atoms with Gasteiger partial charge in [-0.15, -0.1) is 0 Å². The molecule has 0 radical (unpaired) electrons. The number of carbonyl (C=O) groups excluding carboxylic acids is 1. The second-order valence-electron chi connectivity index (χ2n) is 4.19. The summed E-state index contributed by atoms with van der Waals surface area (Å²) in [6.45, 7) is 4.36. The first-order chi connectivity index (χ1) is 9.86. The summed E-state index contributed by atoms with van der Waals surface area (Å²) in [5.41, 5.74) is -1.06. The van der Waals surface area contributed by atoms with Crippen molar-refractivity contribution < 1.29 is 18.0 Å². The molecule has 0 bridgehead atoms. The molecule has 6 nitrogen and oxygen atoms in total. The van der Waals surface area contributed by atoms with Crippen LogP contribution in [0.4, 0.5) is 24.9 Å². The number of hydrogen-bond donors (Lipinski definition) is 3. The van der Waals surface area contributed by atoms with E-state index in [9.17, 15) is 18.0 Å². The number of nitrogens with zero attached hydrogens (tertiary/aromatic N) is 2. The van der Waals surface area contributed by atoms with Crippen molar-refractivity contribution >= 4 is 17.7 Å². The molecule has 21 heavy (non-hydrogen) atoms. The Hall–Kier alpha value is -2.06. The minimum atomic E-state index is -4.58. The lowest BCUT2D eigenvalue weighted by Gasteiger charge is -2.12. The maximum atomic E-state index is 12.8. The summed E-state index contributed by atoms with van der Waals surface area (Å²) in [5.74, 6) is -0.500. The molecular formula is C12H18F3N5O. The van der Waals surface area contributed by atoms with Crippen LogP contribution in [0.2, 0.25) is 0 Å². The normalized spacial score (nSPS) is 11.1. The van der Waals surface area contributed by atoms with Crippen LogP contribution in [0.3, 0.4) is 0 Å². The molecule has 1 aromatic heterocycles. The number of rotatable bonds is 7. The second-order valence-corrected chi connectivity index (χ2v) is 4.19. The molecule has 0 fully saturated rings. The Kier molecular flexibility index (Phi) is 6.19. The summed E-state index contributed by atoms with van der Waals surface area (Å²) in [4.78, 5) is 18.6. The van der Waals surface area contributed by atoms with Crippen molar-refractivity contribution in [3.63, 3.8) is 0 Å². The molecule has 0 spiro atoms. The molecule has 0 saturated carbocycles. The molecule has 0 aromatic carbocycles. The average Bonchev–Trinajstić information content (AvgIpc) is 2.42. The summed E-state index contributed by atoms with van der Waals surface area (Å²) in [7, 11) is 0. The Morgan fingerprint density at radius 1 is 1.24 bits per heavy atom. The minimum Gasteiger partial charge on any atom is -0.361 e. The van der Waals surface area contributed by atoms with E-state index in [0.29, 0.717) is 13.1 Å². The predicted molar refractivity (Wildman–Crippen MR) is 73.0 cm³/mol. The van der Waals surface area contributed by atoms with Gasteiger partial charge in [0.2, 0.25) is 11.9 Å². The number of likely N-dealkylation sites (N-methyl/N-ethyl adjacent to an activating group) is 1. The van der Waals surface area contributed by atoms with E-state index in [1.54, 1.807) is 6.92 Å². The van der Waals surface area contributed by atoms with Crippen molar-refractivity contribution in [3.8, 4) is 0 Å². The molecule has 0 unspecified atom stereocenters. The van der Waals surface area contributed by atoms with E-state index in [0.717, 1.165) is 12.5 Å². The van der Waals surface area contributed by atoms with Crippen LogP contribution < -0.4 is 16.0 Å². The molecule has 0 aliphatic carbocycles. The molecule has 0 aliphatic rings. The maximum absolute atomic E-state index is 12.8. The van der Waals surface area contributed by atoms with E-state index in [1.807, 2.05) is 6.92 Å². The van der Waals surface area contributed by atoms with Crippen LogP contribution in [0.1, 0.15) is 26.0 Å². The Balaban J connectivity index is 2.88. The number of nitrogens with one attached hydrogen (secondary N) is 3. The zero-order chi connectivity index (χ0) is 15.9. The Labute approximate surface area is 120 Å². The molecule has 1 heterocycles. The predicted octanol–water partition coefficient (Wildman–Crippen LogP) is 1.87. The smallest absolute Gasteiger partial charge is 0.361 e. The van der Waals surface area contributed by atoms with Gasteiger partial charge in [-0.25, -0.2) is 4.98 Å². The number of alkyl halides is 3. The highest BCUT2D eigenvalue weighted by atomic mass is 19.4. The number of aromatic nitrogens is 2. The lowest BCUT2D eigenvalue weighted by Crippen LogP contribution is -2.29. The SMILES string of the molecule is CCCNc1nc(NCC(=O)NCC)cc(C(F)(F)F)n1. The summed E-state index contributed by atoms with van der Waals surface area (Å²) < 4.78 is 38.3. The Morgan fingerprint density at radius 3 is 2.52 bits per heavy atom. The first-order valence-electron chi connectivity index (χ1n) is 6.57. The standard InChI is InChI=1S/C12H18F3N5O/c1-3-5-17-11-19-8(12(13,14)15)6-9(20-11)18-7-10(21)16-4-2/h6H,3-5,7H2,1-2H3,(H,16,21)(H2,17,18,19,20). The van der Waals surface area contributed by atoms with Crippen LogP contribution >= 0.6 is 0 Å². The Bertz CT molecular complexity index is 478. The van der Waals surface area contributed by atoms with E-state index in [1.165, 1.54) is 0 Å². The van der Waals surface area contributed by atoms with E-state index in [2.05, 4.69) is 25.9 Å². The molecule has 118 valence electrons. The highest BCUT2D eigenvalue weighted by Crippen LogP contribution is 2.29. The van der Waals surface area contributed by atoms with Crippen LogP contribution in [0.5, 0.6) is 0 Å². The maximum Gasteiger partial charge on any atom is 0.433 e. The summed E-state index contributed by atoms with van der Waals surface area (Å²) >= 11 is 0. The fraction of sp³-hybridized carbons (Fsp3) is 0.583. The summed E-state index contributed by atoms with van der Waals surface area (Å²) in [6, 6.07) is 0.774. The fourth-order valence-electron chi connectivity index (χ4n) is 1.43. The van der Waals surface area contributed by atoms with Crippen molar-refractivity contribution in [2.75, 3.05) is 30.3 Å². The first kappa shape index (κ1) is 17.0. The summed E-state index contributed by atoms with van der Waals surface area (Å²) in [5, 5.41) is 7.78. The van der Waals surface area contributed by atoms with Gasteiger partial charge >= 0.3 is 6.18 Å². The quantitative estimate of drug-likeness (QED) is 0.716. The zero-order valence-corrected chi connectivity index (χ0v) is 11.8. The van der Waals surface area contributed by atoms with E-state index < -0.39 is 11.9 Å². The summed E-state index contributed by atoms with van der Waals surface area (Å²) in [6.07, 6.45) is -3.85. The molecule has 0 saturated heterocycles. The van der Waals surface area contributed by atoms with Crippen LogP contribution in [0.15, 0.2) is 6.07 Å². The van der Waals surface area contributed by atoms with Gasteiger partial charge in [0.25, 0.3) is 0 Å². The molecule has 9 heteroatoms. The van der Waals surface area contributed by atoms with Crippen molar-refractivity contribution in [2.45, 2.75) is 26.4 Å². The number of hydrogen-bond acceptors (Lipinski definition) is 5. The van der Waals surface area contributed by atoms with E-state index in [-0.39, 0.29) is 24.2 Å². The van der Waals surface area contributed by atoms with Gasteiger partial charge in [-0.2, -0.15) is 18.2 Å². The van der Waals surface area contributed by atoms with Crippen LogP contribution in [0.25, 0.3) is 0 Å². The fourth-order valence-corrected chi connectivity index (χ4v) is 1.43. The largest absolute Gasteiger partial charge is 0.433 e. The lowest BCUT2D eigenvalue weighted by molar-refractivity contribution is -0.141. The number of carbonyl (C=O) groups is 1. The second kappa shape index (κ2) is 7.65. The van der Waals surface area contributed by atoms with Crippen LogP contribution in [-0.2, 0) is 11.0 Å². The first-order valence-corrected chi connectivity index (χ1v) is 6.57. The molecule has 0 aliphatic heterocycles.